The third-order valence-electron chi connectivity index (χ3n) is 3.07. The van der Waals surface area contributed by atoms with Crippen molar-refractivity contribution < 1.29 is 12.8 Å². The molecule has 0 amide bonds. The molecule has 0 atom stereocenters. The molecule has 0 saturated heterocycles. The standard InChI is InChI=1S/C14H10Cl2FN3O2S2/c15-10-2-1-3-11(17)9(10)8-20-7-6-13(18-20)19-24(21,22)14-5-4-12(16)23-14/h1-7H,8H2,(H,18,19). The summed E-state index contributed by atoms with van der Waals surface area (Å²) in [6, 6.07) is 8.77. The van der Waals surface area contributed by atoms with Crippen LogP contribution in [0.4, 0.5) is 10.2 Å². The van der Waals surface area contributed by atoms with Crippen molar-refractivity contribution in [2.45, 2.75) is 10.8 Å². The van der Waals surface area contributed by atoms with Crippen LogP contribution in [0.15, 0.2) is 46.8 Å². The van der Waals surface area contributed by atoms with E-state index in [1.807, 2.05) is 0 Å². The number of hydrogen-bond acceptors (Lipinski definition) is 4. The SMILES string of the molecule is O=S(=O)(Nc1ccn(Cc2c(F)cccc2Cl)n1)c1ccc(Cl)s1. The van der Waals surface area contributed by atoms with E-state index in [0.717, 1.165) is 11.3 Å². The molecule has 0 aliphatic heterocycles. The van der Waals surface area contributed by atoms with Gasteiger partial charge in [-0.05, 0) is 24.3 Å². The maximum atomic E-state index is 13.8. The Bertz CT molecular complexity index is 965. The molecule has 0 saturated carbocycles. The zero-order valence-electron chi connectivity index (χ0n) is 11.9. The summed E-state index contributed by atoms with van der Waals surface area (Å²) in [5.41, 5.74) is 0.279. The second-order valence-corrected chi connectivity index (χ2v) is 8.79. The number of anilines is 1. The molecule has 0 fully saturated rings. The van der Waals surface area contributed by atoms with Gasteiger partial charge in [0.25, 0.3) is 10.0 Å². The number of nitrogens with zero attached hydrogens (tertiary/aromatic N) is 2. The molecule has 0 unspecified atom stereocenters. The highest BCUT2D eigenvalue weighted by atomic mass is 35.5. The van der Waals surface area contributed by atoms with Gasteiger partial charge in [0.1, 0.15) is 10.0 Å². The molecule has 2 aromatic heterocycles. The first-order valence-electron chi connectivity index (χ1n) is 6.60. The quantitative estimate of drug-likeness (QED) is 0.690. The molecule has 10 heteroatoms. The Kier molecular flexibility index (Phi) is 4.82. The maximum absolute atomic E-state index is 13.8. The number of aromatic nitrogens is 2. The molecule has 1 N–H and O–H groups in total. The largest absolute Gasteiger partial charge is 0.272 e. The molecular weight excluding hydrogens is 396 g/mol. The van der Waals surface area contributed by atoms with Crippen molar-refractivity contribution in [1.29, 1.82) is 0 Å². The number of sulfonamides is 1. The van der Waals surface area contributed by atoms with Gasteiger partial charge in [-0.15, -0.1) is 11.3 Å². The lowest BCUT2D eigenvalue weighted by Crippen LogP contribution is -2.12. The second-order valence-electron chi connectivity index (χ2n) is 4.76. The summed E-state index contributed by atoms with van der Waals surface area (Å²) in [7, 11) is -3.76. The van der Waals surface area contributed by atoms with Crippen molar-refractivity contribution in [3.05, 3.63) is 63.3 Å². The van der Waals surface area contributed by atoms with E-state index < -0.39 is 15.8 Å². The molecule has 0 bridgehead atoms. The van der Waals surface area contributed by atoms with Gasteiger partial charge in [0.15, 0.2) is 5.82 Å². The van der Waals surface area contributed by atoms with Gasteiger partial charge in [-0.1, -0.05) is 29.3 Å². The van der Waals surface area contributed by atoms with Crippen LogP contribution in [0.25, 0.3) is 0 Å². The summed E-state index contributed by atoms with van der Waals surface area (Å²) in [4.78, 5) is 0. The maximum Gasteiger partial charge on any atom is 0.272 e. The van der Waals surface area contributed by atoms with Gasteiger partial charge in [-0.25, -0.2) is 12.8 Å². The number of hydrogen-bond donors (Lipinski definition) is 1. The number of benzene rings is 1. The Morgan fingerprint density at radius 2 is 2.00 bits per heavy atom. The van der Waals surface area contributed by atoms with Crippen LogP contribution in [0, 0.1) is 5.82 Å². The first-order chi connectivity index (χ1) is 11.3. The second kappa shape index (κ2) is 6.72. The average molecular weight is 406 g/mol. The Balaban J connectivity index is 1.79. The van der Waals surface area contributed by atoms with E-state index in [4.69, 9.17) is 23.2 Å². The predicted molar refractivity (Wildman–Crippen MR) is 92.9 cm³/mol. The van der Waals surface area contributed by atoms with Crippen LogP contribution in [0.3, 0.4) is 0 Å². The van der Waals surface area contributed by atoms with Gasteiger partial charge in [-0.3, -0.25) is 9.40 Å². The van der Waals surface area contributed by atoms with E-state index in [9.17, 15) is 12.8 Å². The molecule has 3 rings (SSSR count). The molecule has 1 aromatic carbocycles. The van der Waals surface area contributed by atoms with Crippen LogP contribution in [0.2, 0.25) is 9.36 Å². The Hall–Kier alpha value is -1.61. The number of nitrogens with one attached hydrogen (secondary N) is 1. The molecule has 3 aromatic rings. The van der Waals surface area contributed by atoms with Gasteiger partial charge in [0.05, 0.1) is 10.9 Å². The number of halogens is 3. The summed E-state index contributed by atoms with van der Waals surface area (Å²) in [6.45, 7) is 0.0814. The van der Waals surface area contributed by atoms with Crippen LogP contribution >= 0.6 is 34.5 Å². The van der Waals surface area contributed by atoms with Crippen LogP contribution < -0.4 is 4.72 Å². The van der Waals surface area contributed by atoms with Gasteiger partial charge in [0.2, 0.25) is 0 Å². The summed E-state index contributed by atoms with van der Waals surface area (Å²) >= 11 is 12.7. The molecule has 24 heavy (non-hydrogen) atoms. The molecule has 126 valence electrons. The number of thiophene rings is 1. The predicted octanol–water partition coefficient (Wildman–Crippen LogP) is 4.24. The topological polar surface area (TPSA) is 64.0 Å². The van der Waals surface area contributed by atoms with E-state index in [-0.39, 0.29) is 27.2 Å². The third kappa shape index (κ3) is 3.72. The van der Waals surface area contributed by atoms with Crippen molar-refractivity contribution in [3.8, 4) is 0 Å². The summed E-state index contributed by atoms with van der Waals surface area (Å²) < 4.78 is 42.4. The fraction of sp³-hybridized carbons (Fsp3) is 0.0714. The van der Waals surface area contributed by atoms with E-state index >= 15 is 0 Å². The Morgan fingerprint density at radius 1 is 1.21 bits per heavy atom. The van der Waals surface area contributed by atoms with Crippen molar-refractivity contribution in [1.82, 2.24) is 9.78 Å². The van der Waals surface area contributed by atoms with Crippen molar-refractivity contribution in [3.63, 3.8) is 0 Å². The first kappa shape index (κ1) is 17.2. The minimum absolute atomic E-state index is 0.0814. The van der Waals surface area contributed by atoms with Crippen LogP contribution in [0.5, 0.6) is 0 Å². The Morgan fingerprint density at radius 3 is 2.67 bits per heavy atom. The van der Waals surface area contributed by atoms with E-state index in [1.54, 1.807) is 6.07 Å². The van der Waals surface area contributed by atoms with Gasteiger partial charge < -0.3 is 0 Å². The Labute approximate surface area is 151 Å². The molecule has 0 spiro atoms. The monoisotopic (exact) mass is 405 g/mol. The molecule has 2 heterocycles. The zero-order chi connectivity index (χ0) is 17.3. The summed E-state index contributed by atoms with van der Waals surface area (Å²) in [5, 5.41) is 4.36. The lowest BCUT2D eigenvalue weighted by molar-refractivity contribution is 0.585. The molecule has 5 nitrogen and oxygen atoms in total. The minimum atomic E-state index is -3.76. The van der Waals surface area contributed by atoms with Gasteiger partial charge in [-0.2, -0.15) is 5.10 Å². The van der Waals surface area contributed by atoms with Crippen LogP contribution in [0.1, 0.15) is 5.56 Å². The van der Waals surface area contributed by atoms with Gasteiger partial charge in [0, 0.05) is 22.8 Å². The molecular formula is C14H10Cl2FN3O2S2. The van der Waals surface area contributed by atoms with Crippen LogP contribution in [-0.4, -0.2) is 18.2 Å². The van der Waals surface area contributed by atoms with E-state index in [2.05, 4.69) is 9.82 Å². The smallest absolute Gasteiger partial charge is 0.266 e. The van der Waals surface area contributed by atoms with E-state index in [0.29, 0.717) is 4.34 Å². The highest BCUT2D eigenvalue weighted by Gasteiger charge is 2.18. The van der Waals surface area contributed by atoms with Crippen molar-refractivity contribution >= 4 is 50.4 Å². The number of rotatable bonds is 5. The minimum Gasteiger partial charge on any atom is -0.266 e. The highest BCUT2D eigenvalue weighted by molar-refractivity contribution is 7.94. The normalized spacial score (nSPS) is 11.6. The third-order valence-corrected chi connectivity index (χ3v) is 6.51. The first-order valence-corrected chi connectivity index (χ1v) is 9.65. The van der Waals surface area contributed by atoms with E-state index in [1.165, 1.54) is 41.2 Å². The highest BCUT2D eigenvalue weighted by Crippen LogP contribution is 2.27. The lowest BCUT2D eigenvalue weighted by atomic mass is 10.2. The van der Waals surface area contributed by atoms with Crippen molar-refractivity contribution in [2.24, 2.45) is 0 Å². The fourth-order valence-electron chi connectivity index (χ4n) is 1.98. The molecule has 0 aliphatic carbocycles. The zero-order valence-corrected chi connectivity index (χ0v) is 15.1. The molecule has 0 aliphatic rings. The lowest BCUT2D eigenvalue weighted by Gasteiger charge is -2.06. The van der Waals surface area contributed by atoms with Crippen molar-refractivity contribution in [2.75, 3.05) is 4.72 Å². The molecule has 0 radical (unpaired) electrons. The summed E-state index contributed by atoms with van der Waals surface area (Å²) in [6.07, 6.45) is 1.53. The van der Waals surface area contributed by atoms with Crippen LogP contribution in [-0.2, 0) is 16.6 Å². The fourth-order valence-corrected chi connectivity index (χ4v) is 4.68. The van der Waals surface area contributed by atoms with Gasteiger partial charge >= 0.3 is 0 Å². The summed E-state index contributed by atoms with van der Waals surface area (Å²) in [5.74, 6) is -0.333. The average Bonchev–Trinajstić information content (AvgIpc) is 3.12.